The van der Waals surface area contributed by atoms with Gasteiger partial charge in [-0.05, 0) is 60.3 Å². The number of para-hydroxylation sites is 2. The van der Waals surface area contributed by atoms with Gasteiger partial charge in [0, 0.05) is 10.0 Å². The van der Waals surface area contributed by atoms with E-state index in [0.717, 1.165) is 21.4 Å². The number of hydrogen-bond donors (Lipinski definition) is 1. The number of benzene rings is 3. The van der Waals surface area contributed by atoms with Crippen LogP contribution in [-0.4, -0.2) is 29.4 Å². The molecule has 0 aliphatic carbocycles. The minimum Gasteiger partial charge on any atom is -0.491 e. The number of aliphatic hydroxyl groups excluding tert-OH is 1. The zero-order chi connectivity index (χ0) is 21.6. The Hall–Kier alpha value is -2.87. The average molecular weight is 495 g/mol. The van der Waals surface area contributed by atoms with Gasteiger partial charge in [0.05, 0.1) is 22.9 Å². The molecule has 1 aliphatic heterocycles. The Balaban J connectivity index is 1.76. The molecule has 3 aromatic rings. The maximum Gasteiger partial charge on any atom is 0.271 e. The number of amides is 1. The largest absolute Gasteiger partial charge is 0.491 e. The van der Waals surface area contributed by atoms with Crippen LogP contribution < -0.4 is 9.64 Å². The standard InChI is InChI=1S/C24H19BrN2O3S/c25-18-11-12-21(30-14-13-28)17(15-18)16-22-23(29)27(20-9-5-2-6-10-20)24(31-22)26-19-7-3-1-4-8-19/h1-12,15-16,28H,13-14H2/b22-16-,26-24?. The smallest absolute Gasteiger partial charge is 0.271 e. The second-order valence-corrected chi connectivity index (χ2v) is 8.50. The molecule has 31 heavy (non-hydrogen) atoms. The number of aliphatic hydroxyl groups is 1. The van der Waals surface area contributed by atoms with Gasteiger partial charge in [0.1, 0.15) is 12.4 Å². The van der Waals surface area contributed by atoms with E-state index in [0.29, 0.717) is 15.8 Å². The molecule has 4 rings (SSSR count). The molecule has 0 radical (unpaired) electrons. The van der Waals surface area contributed by atoms with Crippen molar-refractivity contribution in [3.8, 4) is 5.75 Å². The van der Waals surface area contributed by atoms with E-state index in [1.54, 1.807) is 11.0 Å². The molecule has 0 spiro atoms. The van der Waals surface area contributed by atoms with E-state index in [9.17, 15) is 4.79 Å². The predicted octanol–water partition coefficient (Wildman–Crippen LogP) is 5.63. The normalized spacial score (nSPS) is 16.3. The number of nitrogens with zero attached hydrogens (tertiary/aromatic N) is 2. The lowest BCUT2D eigenvalue weighted by molar-refractivity contribution is -0.113. The van der Waals surface area contributed by atoms with Crippen LogP contribution in [0.3, 0.4) is 0 Å². The summed E-state index contributed by atoms with van der Waals surface area (Å²) in [5, 5.41) is 9.69. The molecule has 0 bridgehead atoms. The van der Waals surface area contributed by atoms with Crippen LogP contribution in [0.25, 0.3) is 6.08 Å². The van der Waals surface area contributed by atoms with Gasteiger partial charge in [-0.15, -0.1) is 0 Å². The number of anilines is 1. The number of ether oxygens (including phenoxy) is 1. The van der Waals surface area contributed by atoms with Gasteiger partial charge in [0.25, 0.3) is 5.91 Å². The van der Waals surface area contributed by atoms with Crippen molar-refractivity contribution in [1.82, 2.24) is 0 Å². The fourth-order valence-electron chi connectivity index (χ4n) is 3.03. The van der Waals surface area contributed by atoms with Gasteiger partial charge >= 0.3 is 0 Å². The number of rotatable bonds is 6. The van der Waals surface area contributed by atoms with Crippen LogP contribution in [-0.2, 0) is 4.79 Å². The highest BCUT2D eigenvalue weighted by Gasteiger charge is 2.34. The van der Waals surface area contributed by atoms with Crippen molar-refractivity contribution in [3.63, 3.8) is 0 Å². The van der Waals surface area contributed by atoms with Crippen molar-refractivity contribution in [1.29, 1.82) is 0 Å². The lowest BCUT2D eigenvalue weighted by atomic mass is 10.2. The SMILES string of the molecule is O=C1/C(=C/c2cc(Br)ccc2OCCO)SC(=Nc2ccccc2)N1c1ccccc1. The first kappa shape index (κ1) is 21.4. The quantitative estimate of drug-likeness (QED) is 0.451. The molecule has 1 fully saturated rings. The monoisotopic (exact) mass is 494 g/mol. The molecule has 7 heteroatoms. The molecule has 0 aromatic heterocycles. The van der Waals surface area contributed by atoms with E-state index in [1.807, 2.05) is 78.9 Å². The summed E-state index contributed by atoms with van der Waals surface area (Å²) in [5.41, 5.74) is 2.27. The second kappa shape index (κ2) is 9.96. The summed E-state index contributed by atoms with van der Waals surface area (Å²) in [6.07, 6.45) is 1.80. The summed E-state index contributed by atoms with van der Waals surface area (Å²) in [6, 6.07) is 24.6. The van der Waals surface area contributed by atoms with Crippen LogP contribution in [0.4, 0.5) is 11.4 Å². The highest BCUT2D eigenvalue weighted by molar-refractivity contribution is 9.10. The van der Waals surface area contributed by atoms with Crippen LogP contribution in [0.15, 0.2) is 93.2 Å². The summed E-state index contributed by atoms with van der Waals surface area (Å²) < 4.78 is 6.51. The lowest BCUT2D eigenvalue weighted by Gasteiger charge is -2.15. The van der Waals surface area contributed by atoms with Gasteiger partial charge in [0.15, 0.2) is 5.17 Å². The Morgan fingerprint density at radius 2 is 1.74 bits per heavy atom. The van der Waals surface area contributed by atoms with Crippen LogP contribution in [0.5, 0.6) is 5.75 Å². The number of carbonyl (C=O) groups excluding carboxylic acids is 1. The first-order chi connectivity index (χ1) is 15.2. The van der Waals surface area contributed by atoms with E-state index < -0.39 is 0 Å². The van der Waals surface area contributed by atoms with Crippen molar-refractivity contribution in [2.45, 2.75) is 0 Å². The minimum atomic E-state index is -0.154. The molecule has 1 saturated heterocycles. The number of halogens is 1. The molecule has 5 nitrogen and oxygen atoms in total. The first-order valence-electron chi connectivity index (χ1n) is 9.62. The Morgan fingerprint density at radius 1 is 1.03 bits per heavy atom. The van der Waals surface area contributed by atoms with Crippen molar-refractivity contribution in [2.24, 2.45) is 4.99 Å². The highest BCUT2D eigenvalue weighted by Crippen LogP contribution is 2.38. The second-order valence-electron chi connectivity index (χ2n) is 6.57. The topological polar surface area (TPSA) is 62.1 Å². The Bertz CT molecular complexity index is 1130. The molecule has 0 atom stereocenters. The molecule has 1 heterocycles. The molecular weight excluding hydrogens is 476 g/mol. The summed E-state index contributed by atoms with van der Waals surface area (Å²) in [5.74, 6) is 0.442. The van der Waals surface area contributed by atoms with Crippen LogP contribution in [0.2, 0.25) is 0 Å². The van der Waals surface area contributed by atoms with E-state index in [2.05, 4.69) is 15.9 Å². The number of hydrogen-bond acceptors (Lipinski definition) is 5. The van der Waals surface area contributed by atoms with Crippen LogP contribution >= 0.6 is 27.7 Å². The Kier molecular flexibility index (Phi) is 6.86. The number of carbonyl (C=O) groups is 1. The zero-order valence-corrected chi connectivity index (χ0v) is 18.8. The summed E-state index contributed by atoms with van der Waals surface area (Å²) in [6.45, 7) is 0.0885. The first-order valence-corrected chi connectivity index (χ1v) is 11.2. The summed E-state index contributed by atoms with van der Waals surface area (Å²) in [7, 11) is 0. The number of aliphatic imine (C=N–C) groups is 1. The molecule has 0 saturated carbocycles. The number of amidine groups is 1. The van der Waals surface area contributed by atoms with E-state index in [4.69, 9.17) is 14.8 Å². The predicted molar refractivity (Wildman–Crippen MR) is 130 cm³/mol. The third kappa shape index (κ3) is 5.07. The lowest BCUT2D eigenvalue weighted by Crippen LogP contribution is -2.28. The fraction of sp³-hybridized carbons (Fsp3) is 0.0833. The third-order valence-electron chi connectivity index (χ3n) is 4.41. The maximum absolute atomic E-state index is 13.4. The van der Waals surface area contributed by atoms with Gasteiger partial charge in [-0.2, -0.15) is 0 Å². The van der Waals surface area contributed by atoms with Gasteiger partial charge in [-0.1, -0.05) is 52.3 Å². The average Bonchev–Trinajstić information content (AvgIpc) is 3.09. The molecular formula is C24H19BrN2O3S. The minimum absolute atomic E-state index is 0.0879. The van der Waals surface area contributed by atoms with Gasteiger partial charge < -0.3 is 9.84 Å². The van der Waals surface area contributed by atoms with Crippen molar-refractivity contribution < 1.29 is 14.6 Å². The van der Waals surface area contributed by atoms with E-state index >= 15 is 0 Å². The molecule has 3 aromatic carbocycles. The van der Waals surface area contributed by atoms with E-state index in [1.165, 1.54) is 11.8 Å². The van der Waals surface area contributed by atoms with Crippen LogP contribution in [0, 0.1) is 0 Å². The van der Waals surface area contributed by atoms with Gasteiger partial charge in [-0.3, -0.25) is 9.69 Å². The van der Waals surface area contributed by atoms with Crippen molar-refractivity contribution in [3.05, 3.63) is 93.8 Å². The molecule has 1 amide bonds. The Morgan fingerprint density at radius 3 is 2.45 bits per heavy atom. The third-order valence-corrected chi connectivity index (χ3v) is 5.87. The van der Waals surface area contributed by atoms with E-state index in [-0.39, 0.29) is 19.1 Å². The van der Waals surface area contributed by atoms with Crippen LogP contribution in [0.1, 0.15) is 5.56 Å². The van der Waals surface area contributed by atoms with Gasteiger partial charge in [0.2, 0.25) is 0 Å². The summed E-state index contributed by atoms with van der Waals surface area (Å²) in [4.78, 5) is 20.3. The number of thioether (sulfide) groups is 1. The highest BCUT2D eigenvalue weighted by atomic mass is 79.9. The maximum atomic E-state index is 13.4. The van der Waals surface area contributed by atoms with Crippen molar-refractivity contribution >= 4 is 56.2 Å². The fourth-order valence-corrected chi connectivity index (χ4v) is 4.40. The zero-order valence-electron chi connectivity index (χ0n) is 16.4. The summed E-state index contributed by atoms with van der Waals surface area (Å²) >= 11 is 4.79. The molecule has 0 unspecified atom stereocenters. The van der Waals surface area contributed by atoms with Crippen molar-refractivity contribution in [2.75, 3.05) is 18.1 Å². The molecule has 1 aliphatic rings. The van der Waals surface area contributed by atoms with Gasteiger partial charge in [-0.25, -0.2) is 4.99 Å². The molecule has 1 N–H and O–H groups in total. The molecule has 156 valence electrons. The Labute approximate surface area is 193 Å².